The number of hydrogen-bond acceptors (Lipinski definition) is 3. The number of aliphatic hydroxyl groups is 1. The standard InChI is InChI=1S/C14H17NO4/c16-9-10-4-6-11(7-5-10)13(17)15-8-2-1-3-12(15)14(18)19/h4-7,12,16H,1-3,8-9H2,(H,18,19)/t12-/m1/s1. The minimum atomic E-state index is -0.944. The SMILES string of the molecule is O=C(O)[C@H]1CCCCN1C(=O)c1ccc(CO)cc1. The number of carbonyl (C=O) groups excluding carboxylic acids is 1. The third kappa shape index (κ3) is 2.93. The average Bonchev–Trinajstić information content (AvgIpc) is 2.46. The van der Waals surface area contributed by atoms with Crippen LogP contribution in [0.3, 0.4) is 0 Å². The lowest BCUT2D eigenvalue weighted by atomic mass is 10.0. The fourth-order valence-corrected chi connectivity index (χ4v) is 2.35. The van der Waals surface area contributed by atoms with Crippen LogP contribution in [0.5, 0.6) is 0 Å². The number of likely N-dealkylation sites (tertiary alicyclic amines) is 1. The Balaban J connectivity index is 2.18. The molecule has 2 rings (SSSR count). The molecule has 0 aromatic heterocycles. The summed E-state index contributed by atoms with van der Waals surface area (Å²) in [5.74, 6) is -1.20. The molecular weight excluding hydrogens is 246 g/mol. The number of carboxylic acids is 1. The number of aliphatic hydroxyl groups excluding tert-OH is 1. The summed E-state index contributed by atoms with van der Waals surface area (Å²) in [7, 11) is 0. The molecule has 1 aliphatic rings. The summed E-state index contributed by atoms with van der Waals surface area (Å²) in [5.41, 5.74) is 1.19. The first-order chi connectivity index (χ1) is 9.13. The summed E-state index contributed by atoms with van der Waals surface area (Å²) in [4.78, 5) is 24.9. The van der Waals surface area contributed by atoms with Gasteiger partial charge in [-0.3, -0.25) is 4.79 Å². The van der Waals surface area contributed by atoms with Crippen molar-refractivity contribution in [1.29, 1.82) is 0 Å². The molecule has 0 aliphatic carbocycles. The van der Waals surface area contributed by atoms with Crippen LogP contribution in [0.1, 0.15) is 35.2 Å². The second-order valence-electron chi connectivity index (χ2n) is 4.70. The van der Waals surface area contributed by atoms with Gasteiger partial charge in [0.15, 0.2) is 0 Å². The molecule has 1 amide bonds. The number of nitrogens with zero attached hydrogens (tertiary/aromatic N) is 1. The topological polar surface area (TPSA) is 77.8 Å². The van der Waals surface area contributed by atoms with Crippen molar-refractivity contribution in [3.8, 4) is 0 Å². The normalized spacial score (nSPS) is 19.2. The number of aliphatic carboxylic acids is 1. The number of carboxylic acid groups (broad SMARTS) is 1. The molecule has 0 radical (unpaired) electrons. The van der Waals surface area contributed by atoms with Gasteiger partial charge in [-0.05, 0) is 37.0 Å². The number of benzene rings is 1. The lowest BCUT2D eigenvalue weighted by molar-refractivity contribution is -0.143. The first kappa shape index (κ1) is 13.5. The van der Waals surface area contributed by atoms with Crippen LogP contribution < -0.4 is 0 Å². The number of piperidine rings is 1. The van der Waals surface area contributed by atoms with Gasteiger partial charge in [0, 0.05) is 12.1 Å². The van der Waals surface area contributed by atoms with Gasteiger partial charge in [-0.25, -0.2) is 4.79 Å². The van der Waals surface area contributed by atoms with Crippen LogP contribution in [0.2, 0.25) is 0 Å². The predicted molar refractivity (Wildman–Crippen MR) is 68.7 cm³/mol. The molecule has 1 aromatic carbocycles. The Morgan fingerprint density at radius 1 is 1.21 bits per heavy atom. The second-order valence-corrected chi connectivity index (χ2v) is 4.70. The average molecular weight is 263 g/mol. The van der Waals surface area contributed by atoms with Crippen molar-refractivity contribution in [2.75, 3.05) is 6.54 Å². The summed E-state index contributed by atoms with van der Waals surface area (Å²) >= 11 is 0. The molecule has 5 nitrogen and oxygen atoms in total. The van der Waals surface area contributed by atoms with E-state index < -0.39 is 12.0 Å². The van der Waals surface area contributed by atoms with Gasteiger partial charge in [-0.2, -0.15) is 0 Å². The summed E-state index contributed by atoms with van der Waals surface area (Å²) in [6, 6.07) is 5.88. The smallest absolute Gasteiger partial charge is 0.326 e. The number of hydrogen-bond donors (Lipinski definition) is 2. The van der Waals surface area contributed by atoms with Crippen molar-refractivity contribution in [2.24, 2.45) is 0 Å². The first-order valence-electron chi connectivity index (χ1n) is 6.37. The fraction of sp³-hybridized carbons (Fsp3) is 0.429. The van der Waals surface area contributed by atoms with E-state index in [0.717, 1.165) is 18.4 Å². The Morgan fingerprint density at radius 3 is 2.47 bits per heavy atom. The van der Waals surface area contributed by atoms with Gasteiger partial charge in [0.1, 0.15) is 6.04 Å². The van der Waals surface area contributed by atoms with E-state index in [4.69, 9.17) is 10.2 Å². The molecule has 1 atom stereocenters. The Labute approximate surface area is 111 Å². The molecule has 1 aliphatic heterocycles. The van der Waals surface area contributed by atoms with Crippen LogP contribution in [-0.2, 0) is 11.4 Å². The molecule has 2 N–H and O–H groups in total. The minimum Gasteiger partial charge on any atom is -0.480 e. The van der Waals surface area contributed by atoms with Crippen molar-refractivity contribution < 1.29 is 19.8 Å². The molecule has 0 spiro atoms. The van der Waals surface area contributed by atoms with E-state index in [0.29, 0.717) is 18.5 Å². The Hall–Kier alpha value is -1.88. The zero-order valence-corrected chi connectivity index (χ0v) is 10.6. The van der Waals surface area contributed by atoms with Gasteiger partial charge >= 0.3 is 5.97 Å². The van der Waals surface area contributed by atoms with Crippen LogP contribution in [0.15, 0.2) is 24.3 Å². The maximum absolute atomic E-state index is 12.3. The van der Waals surface area contributed by atoms with E-state index in [1.54, 1.807) is 24.3 Å². The van der Waals surface area contributed by atoms with Gasteiger partial charge in [0.25, 0.3) is 5.91 Å². The Kier molecular flexibility index (Phi) is 4.16. The molecule has 0 unspecified atom stereocenters. The van der Waals surface area contributed by atoms with Crippen LogP contribution in [0.25, 0.3) is 0 Å². The van der Waals surface area contributed by atoms with Crippen molar-refractivity contribution >= 4 is 11.9 Å². The van der Waals surface area contributed by atoms with E-state index in [9.17, 15) is 9.59 Å². The molecule has 0 saturated carbocycles. The molecule has 1 saturated heterocycles. The van der Waals surface area contributed by atoms with Crippen molar-refractivity contribution in [1.82, 2.24) is 4.90 Å². The minimum absolute atomic E-state index is 0.0735. The summed E-state index contributed by atoms with van der Waals surface area (Å²) < 4.78 is 0. The highest BCUT2D eigenvalue weighted by Gasteiger charge is 2.32. The second kappa shape index (κ2) is 5.84. The molecule has 5 heteroatoms. The van der Waals surface area contributed by atoms with E-state index in [1.807, 2.05) is 0 Å². The van der Waals surface area contributed by atoms with Crippen molar-refractivity contribution in [2.45, 2.75) is 31.9 Å². The largest absolute Gasteiger partial charge is 0.480 e. The number of rotatable bonds is 3. The van der Waals surface area contributed by atoms with Gasteiger partial charge in [0.05, 0.1) is 6.61 Å². The van der Waals surface area contributed by atoms with Crippen LogP contribution >= 0.6 is 0 Å². The molecule has 102 valence electrons. The number of carbonyl (C=O) groups is 2. The quantitative estimate of drug-likeness (QED) is 0.860. The van der Waals surface area contributed by atoms with Crippen LogP contribution in [-0.4, -0.2) is 39.6 Å². The maximum atomic E-state index is 12.3. The van der Waals surface area contributed by atoms with E-state index in [-0.39, 0.29) is 12.5 Å². The van der Waals surface area contributed by atoms with Crippen LogP contribution in [0.4, 0.5) is 0 Å². The van der Waals surface area contributed by atoms with E-state index in [2.05, 4.69) is 0 Å². The first-order valence-corrected chi connectivity index (χ1v) is 6.37. The molecular formula is C14H17NO4. The highest BCUT2D eigenvalue weighted by Crippen LogP contribution is 2.20. The lowest BCUT2D eigenvalue weighted by Crippen LogP contribution is -2.47. The van der Waals surface area contributed by atoms with E-state index in [1.165, 1.54) is 4.90 Å². The van der Waals surface area contributed by atoms with E-state index >= 15 is 0 Å². The Morgan fingerprint density at radius 2 is 1.89 bits per heavy atom. The number of amides is 1. The monoisotopic (exact) mass is 263 g/mol. The molecule has 19 heavy (non-hydrogen) atoms. The Bertz CT molecular complexity index is 469. The highest BCUT2D eigenvalue weighted by molar-refractivity contribution is 5.96. The van der Waals surface area contributed by atoms with Crippen LogP contribution in [0, 0.1) is 0 Å². The lowest BCUT2D eigenvalue weighted by Gasteiger charge is -2.33. The summed E-state index contributed by atoms with van der Waals surface area (Å²) in [6.45, 7) is 0.410. The molecule has 1 heterocycles. The summed E-state index contributed by atoms with van der Waals surface area (Å²) in [6.07, 6.45) is 2.18. The summed E-state index contributed by atoms with van der Waals surface area (Å²) in [5, 5.41) is 18.1. The van der Waals surface area contributed by atoms with Gasteiger partial charge in [0.2, 0.25) is 0 Å². The van der Waals surface area contributed by atoms with Gasteiger partial charge < -0.3 is 15.1 Å². The molecule has 1 fully saturated rings. The van der Waals surface area contributed by atoms with Gasteiger partial charge in [-0.1, -0.05) is 12.1 Å². The third-order valence-corrected chi connectivity index (χ3v) is 3.43. The fourth-order valence-electron chi connectivity index (χ4n) is 2.35. The highest BCUT2D eigenvalue weighted by atomic mass is 16.4. The van der Waals surface area contributed by atoms with Crippen molar-refractivity contribution in [3.63, 3.8) is 0 Å². The molecule has 0 bridgehead atoms. The molecule has 1 aromatic rings. The zero-order chi connectivity index (χ0) is 13.8. The van der Waals surface area contributed by atoms with Gasteiger partial charge in [-0.15, -0.1) is 0 Å². The zero-order valence-electron chi connectivity index (χ0n) is 10.6. The van der Waals surface area contributed by atoms with Crippen molar-refractivity contribution in [3.05, 3.63) is 35.4 Å². The maximum Gasteiger partial charge on any atom is 0.326 e. The predicted octanol–water partition coefficient (Wildman–Crippen LogP) is 1.26. The third-order valence-electron chi connectivity index (χ3n) is 3.43.